The van der Waals surface area contributed by atoms with Crippen molar-refractivity contribution in [3.8, 4) is 17.1 Å². The van der Waals surface area contributed by atoms with Gasteiger partial charge in [-0.15, -0.1) is 0 Å². The van der Waals surface area contributed by atoms with Crippen LogP contribution in [0.3, 0.4) is 0 Å². The first-order valence-corrected chi connectivity index (χ1v) is 12.5. The lowest BCUT2D eigenvalue weighted by Gasteiger charge is -2.35. The van der Waals surface area contributed by atoms with Gasteiger partial charge in [-0.1, -0.05) is 68.4 Å². The Hall–Kier alpha value is -3.48. The van der Waals surface area contributed by atoms with Gasteiger partial charge in [0.05, 0.1) is 17.5 Å². The minimum atomic E-state index is -0.213. The van der Waals surface area contributed by atoms with Crippen molar-refractivity contribution in [1.29, 1.82) is 0 Å². The molecule has 0 aliphatic carbocycles. The van der Waals surface area contributed by atoms with Crippen LogP contribution in [-0.4, -0.2) is 39.3 Å². The van der Waals surface area contributed by atoms with Gasteiger partial charge in [0.1, 0.15) is 12.4 Å². The summed E-state index contributed by atoms with van der Waals surface area (Å²) in [5.41, 5.74) is 5.13. The average Bonchev–Trinajstić information content (AvgIpc) is 3.36. The van der Waals surface area contributed by atoms with E-state index in [1.807, 2.05) is 36.4 Å². The van der Waals surface area contributed by atoms with Crippen LogP contribution < -0.4 is 4.74 Å². The Morgan fingerprint density at radius 3 is 2.31 bits per heavy atom. The fourth-order valence-electron chi connectivity index (χ4n) is 4.78. The van der Waals surface area contributed by atoms with Crippen LogP contribution in [-0.2, 0) is 18.6 Å². The topological polar surface area (TPSA) is 71.6 Å². The first kappa shape index (κ1) is 24.2. The molecule has 1 saturated heterocycles. The van der Waals surface area contributed by atoms with Gasteiger partial charge in [-0.05, 0) is 41.3 Å². The molecule has 0 radical (unpaired) electrons. The highest BCUT2D eigenvalue weighted by Gasteiger charge is 2.32. The van der Waals surface area contributed by atoms with Gasteiger partial charge in [-0.2, -0.15) is 0 Å². The molecule has 0 spiro atoms. The van der Waals surface area contributed by atoms with Crippen molar-refractivity contribution < 1.29 is 14.4 Å². The molecule has 0 bridgehead atoms. The highest BCUT2D eigenvalue weighted by atomic mass is 16.5. The van der Waals surface area contributed by atoms with Crippen molar-refractivity contribution in [3.05, 3.63) is 102 Å². The van der Waals surface area contributed by atoms with Crippen LogP contribution in [0.1, 0.15) is 43.3 Å². The maximum Gasteiger partial charge on any atom is 0.167 e. The lowest BCUT2D eigenvalue weighted by atomic mass is 9.68. The zero-order chi connectivity index (χ0) is 25.1. The van der Waals surface area contributed by atoms with Crippen molar-refractivity contribution in [2.45, 2.75) is 45.4 Å². The van der Waals surface area contributed by atoms with Gasteiger partial charge in [-0.25, -0.2) is 0 Å². The summed E-state index contributed by atoms with van der Waals surface area (Å²) in [6.07, 6.45) is 1.57. The fraction of sp³-hybridized carbons (Fsp3) is 0.333. The molecule has 0 saturated carbocycles. The minimum absolute atomic E-state index is 0.164. The van der Waals surface area contributed by atoms with E-state index in [0.717, 1.165) is 28.5 Å². The number of aromatic nitrogens is 2. The van der Waals surface area contributed by atoms with E-state index in [4.69, 9.17) is 9.26 Å². The number of aliphatic hydroxyl groups is 1. The predicted octanol–water partition coefficient (Wildman–Crippen LogP) is 5.45. The van der Waals surface area contributed by atoms with E-state index in [2.05, 4.69) is 72.2 Å². The Morgan fingerprint density at radius 1 is 1.00 bits per heavy atom. The van der Waals surface area contributed by atoms with Crippen LogP contribution in [0.25, 0.3) is 11.3 Å². The van der Waals surface area contributed by atoms with E-state index in [-0.39, 0.29) is 11.5 Å². The second kappa shape index (κ2) is 10.2. The molecule has 1 aliphatic heterocycles. The standard InChI is InChI=1S/C30H33N3O3/c1-21(2)30(3,24-11-13-28(14-12-24)35-20-25-6-4-5-15-31-25)23-9-7-22(8-10-23)29-16-26(32-36-29)17-33-18-27(34)19-33/h4-16,21,27,34H,17-20H2,1-3H3. The molecule has 1 aliphatic rings. The van der Waals surface area contributed by atoms with E-state index in [1.54, 1.807) is 6.20 Å². The molecule has 1 unspecified atom stereocenters. The van der Waals surface area contributed by atoms with Crippen molar-refractivity contribution in [2.24, 2.45) is 5.92 Å². The molecule has 1 fully saturated rings. The van der Waals surface area contributed by atoms with Crippen LogP contribution in [0, 0.1) is 5.92 Å². The summed E-state index contributed by atoms with van der Waals surface area (Å²) in [5.74, 6) is 1.98. The number of likely N-dealkylation sites (tertiary alicyclic amines) is 1. The average molecular weight is 484 g/mol. The van der Waals surface area contributed by atoms with E-state index in [9.17, 15) is 5.11 Å². The molecule has 2 aromatic heterocycles. The van der Waals surface area contributed by atoms with Crippen LogP contribution in [0.2, 0.25) is 0 Å². The third-order valence-electron chi connectivity index (χ3n) is 7.37. The van der Waals surface area contributed by atoms with Gasteiger partial charge >= 0.3 is 0 Å². The van der Waals surface area contributed by atoms with E-state index < -0.39 is 0 Å². The lowest BCUT2D eigenvalue weighted by Crippen LogP contribution is -2.49. The molecule has 186 valence electrons. The van der Waals surface area contributed by atoms with Gasteiger partial charge in [0, 0.05) is 42.9 Å². The number of benzene rings is 2. The van der Waals surface area contributed by atoms with Gasteiger partial charge < -0.3 is 14.4 Å². The molecular weight excluding hydrogens is 450 g/mol. The van der Waals surface area contributed by atoms with Crippen LogP contribution in [0.15, 0.2) is 83.5 Å². The van der Waals surface area contributed by atoms with Crippen LogP contribution >= 0.6 is 0 Å². The Bertz CT molecular complexity index is 1260. The molecule has 5 rings (SSSR count). The summed E-state index contributed by atoms with van der Waals surface area (Å²) in [6.45, 7) is 9.36. The normalized spacial score (nSPS) is 16.0. The second-order valence-corrected chi connectivity index (χ2v) is 10.1. The molecule has 6 nitrogen and oxygen atoms in total. The number of pyridine rings is 1. The largest absolute Gasteiger partial charge is 0.487 e. The van der Waals surface area contributed by atoms with Crippen molar-refractivity contribution in [3.63, 3.8) is 0 Å². The monoisotopic (exact) mass is 483 g/mol. The van der Waals surface area contributed by atoms with Gasteiger partial charge in [0.15, 0.2) is 5.76 Å². The molecular formula is C30H33N3O3. The van der Waals surface area contributed by atoms with Crippen LogP contribution in [0.4, 0.5) is 0 Å². The first-order valence-electron chi connectivity index (χ1n) is 12.5. The van der Waals surface area contributed by atoms with E-state index in [0.29, 0.717) is 32.2 Å². The van der Waals surface area contributed by atoms with E-state index in [1.165, 1.54) is 11.1 Å². The summed E-state index contributed by atoms with van der Waals surface area (Å²) < 4.78 is 11.6. The Balaban J connectivity index is 1.30. The number of hydrogen-bond acceptors (Lipinski definition) is 6. The van der Waals surface area contributed by atoms with Gasteiger partial charge in [-0.3, -0.25) is 9.88 Å². The molecule has 36 heavy (non-hydrogen) atoms. The zero-order valence-corrected chi connectivity index (χ0v) is 21.1. The molecule has 0 amide bonds. The summed E-state index contributed by atoms with van der Waals surface area (Å²) in [5, 5.41) is 13.7. The molecule has 2 aromatic carbocycles. The fourth-order valence-corrected chi connectivity index (χ4v) is 4.78. The van der Waals surface area contributed by atoms with Crippen LogP contribution in [0.5, 0.6) is 5.75 Å². The Morgan fingerprint density at radius 2 is 1.69 bits per heavy atom. The highest BCUT2D eigenvalue weighted by Crippen LogP contribution is 2.40. The Kier molecular flexibility index (Phi) is 6.90. The summed E-state index contributed by atoms with van der Waals surface area (Å²) >= 11 is 0. The minimum Gasteiger partial charge on any atom is -0.487 e. The van der Waals surface area contributed by atoms with Crippen molar-refractivity contribution in [2.75, 3.05) is 13.1 Å². The molecule has 1 atom stereocenters. The van der Waals surface area contributed by atoms with Crippen molar-refractivity contribution in [1.82, 2.24) is 15.0 Å². The predicted molar refractivity (Wildman–Crippen MR) is 140 cm³/mol. The molecule has 3 heterocycles. The lowest BCUT2D eigenvalue weighted by molar-refractivity contribution is -0.00399. The van der Waals surface area contributed by atoms with Crippen molar-refractivity contribution >= 4 is 0 Å². The number of rotatable bonds is 9. The quantitative estimate of drug-likeness (QED) is 0.341. The van der Waals surface area contributed by atoms with Gasteiger partial charge in [0.2, 0.25) is 0 Å². The smallest absolute Gasteiger partial charge is 0.167 e. The zero-order valence-electron chi connectivity index (χ0n) is 21.1. The number of nitrogens with zero attached hydrogens (tertiary/aromatic N) is 3. The second-order valence-electron chi connectivity index (χ2n) is 10.1. The molecule has 4 aromatic rings. The first-order chi connectivity index (χ1) is 17.4. The van der Waals surface area contributed by atoms with E-state index >= 15 is 0 Å². The number of ether oxygens (including phenoxy) is 1. The SMILES string of the molecule is CC(C)C(C)(c1ccc(OCc2ccccn2)cc1)c1ccc(-c2cc(CN3CC(O)C3)no2)cc1. The highest BCUT2D eigenvalue weighted by molar-refractivity contribution is 5.59. The third-order valence-corrected chi connectivity index (χ3v) is 7.37. The number of β-amino-alcohol motifs (C(OH)–C–C–N with tert-alkyl or cyclic N) is 1. The molecule has 6 heteroatoms. The Labute approximate surface area is 212 Å². The summed E-state index contributed by atoms with van der Waals surface area (Å²) in [4.78, 5) is 6.47. The maximum atomic E-state index is 9.48. The number of aliphatic hydroxyl groups excluding tert-OH is 1. The van der Waals surface area contributed by atoms with Gasteiger partial charge in [0.25, 0.3) is 0 Å². The molecule has 1 N–H and O–H groups in total. The summed E-state index contributed by atoms with van der Waals surface area (Å²) in [7, 11) is 0. The summed E-state index contributed by atoms with van der Waals surface area (Å²) in [6, 6.07) is 24.8. The number of hydrogen-bond donors (Lipinski definition) is 1. The third kappa shape index (κ3) is 5.06. The maximum absolute atomic E-state index is 9.48.